The van der Waals surface area contributed by atoms with Gasteiger partial charge in [0.1, 0.15) is 0 Å². The van der Waals surface area contributed by atoms with Crippen LogP contribution in [0.3, 0.4) is 0 Å². The Labute approximate surface area is 155 Å². The highest BCUT2D eigenvalue weighted by Crippen LogP contribution is 2.36. The van der Waals surface area contributed by atoms with E-state index in [0.29, 0.717) is 66.1 Å². The average Bonchev–Trinajstić information content (AvgIpc) is 2.53. The lowest BCUT2D eigenvalue weighted by Gasteiger charge is -2.36. The maximum atomic E-state index is 6.04. The van der Waals surface area contributed by atoms with E-state index >= 15 is 0 Å². The first-order valence-corrected chi connectivity index (χ1v) is 12.2. The fourth-order valence-corrected chi connectivity index (χ4v) is 2.62. The molecule has 0 aliphatic rings. The van der Waals surface area contributed by atoms with E-state index in [-0.39, 0.29) is 5.04 Å². The molecule has 0 fully saturated rings. The van der Waals surface area contributed by atoms with Gasteiger partial charge in [0.2, 0.25) is 0 Å². The second-order valence-electron chi connectivity index (χ2n) is 7.26. The molecule has 7 heteroatoms. The Kier molecular flexibility index (Phi) is 15.1. The fraction of sp³-hybridized carbons (Fsp3) is 1.00. The molecule has 0 spiro atoms. The molecule has 0 aromatic rings. The first-order chi connectivity index (χ1) is 11.8. The average molecular weight is 381 g/mol. The van der Waals surface area contributed by atoms with E-state index in [4.69, 9.17) is 28.1 Å². The van der Waals surface area contributed by atoms with Crippen LogP contribution in [0.25, 0.3) is 0 Å². The van der Waals surface area contributed by atoms with Gasteiger partial charge in [-0.05, 0) is 25.1 Å². The van der Waals surface area contributed by atoms with Crippen molar-refractivity contribution in [2.24, 2.45) is 0 Å². The molecule has 0 aliphatic carbocycles. The van der Waals surface area contributed by atoms with Gasteiger partial charge in [-0.2, -0.15) is 0 Å². The van der Waals surface area contributed by atoms with Gasteiger partial charge in [-0.15, -0.1) is 0 Å². The van der Waals surface area contributed by atoms with Crippen molar-refractivity contribution in [3.63, 3.8) is 0 Å². The Balaban J connectivity index is 3.22. The Morgan fingerprint density at radius 3 is 1.20 bits per heavy atom. The number of rotatable bonds is 17. The van der Waals surface area contributed by atoms with Crippen molar-refractivity contribution in [2.45, 2.75) is 45.8 Å². The van der Waals surface area contributed by atoms with Gasteiger partial charge in [-0.25, -0.2) is 0 Å². The molecule has 152 valence electrons. The first kappa shape index (κ1) is 25.0. The van der Waals surface area contributed by atoms with E-state index in [1.807, 2.05) is 6.92 Å². The highest BCUT2D eigenvalue weighted by atomic mass is 28.4. The summed E-state index contributed by atoms with van der Waals surface area (Å²) in [6, 6.07) is 0. The van der Waals surface area contributed by atoms with Crippen LogP contribution in [0, 0.1) is 0 Å². The zero-order valence-electron chi connectivity index (χ0n) is 17.2. The van der Waals surface area contributed by atoms with Crippen molar-refractivity contribution in [3.05, 3.63) is 0 Å². The molecule has 0 amide bonds. The summed E-state index contributed by atoms with van der Waals surface area (Å²) in [5.41, 5.74) is 0. The molecule has 25 heavy (non-hydrogen) atoms. The zero-order chi connectivity index (χ0) is 19.0. The van der Waals surface area contributed by atoms with E-state index in [9.17, 15) is 0 Å². The van der Waals surface area contributed by atoms with Crippen LogP contribution in [0.1, 0.15) is 27.7 Å². The maximum absolute atomic E-state index is 6.04. The van der Waals surface area contributed by atoms with Crippen LogP contribution >= 0.6 is 0 Å². The van der Waals surface area contributed by atoms with Crippen molar-refractivity contribution < 1.29 is 28.1 Å². The van der Waals surface area contributed by atoms with Crippen LogP contribution in [-0.4, -0.2) is 81.0 Å². The van der Waals surface area contributed by atoms with Gasteiger partial charge in [-0.3, -0.25) is 0 Å². The lowest BCUT2D eigenvalue weighted by atomic mass is 10.2. The molecule has 0 N–H and O–H groups in total. The topological polar surface area (TPSA) is 55.4 Å². The highest BCUT2D eigenvalue weighted by molar-refractivity contribution is 6.74. The van der Waals surface area contributed by atoms with Crippen molar-refractivity contribution in [3.8, 4) is 0 Å². The molecular formula is C18H40O6Si. The van der Waals surface area contributed by atoms with E-state index in [1.54, 1.807) is 0 Å². The molecule has 0 radical (unpaired) electrons. The third-order valence-electron chi connectivity index (χ3n) is 4.19. The van der Waals surface area contributed by atoms with Crippen LogP contribution < -0.4 is 0 Å². The summed E-state index contributed by atoms with van der Waals surface area (Å²) in [6.45, 7) is 19.9. The molecule has 0 bridgehead atoms. The Morgan fingerprint density at radius 1 is 0.560 bits per heavy atom. The van der Waals surface area contributed by atoms with E-state index < -0.39 is 8.32 Å². The third kappa shape index (κ3) is 14.8. The molecule has 6 nitrogen and oxygen atoms in total. The van der Waals surface area contributed by atoms with Crippen LogP contribution in [-0.2, 0) is 28.1 Å². The van der Waals surface area contributed by atoms with Gasteiger partial charge in [0, 0.05) is 6.61 Å². The minimum atomic E-state index is -1.66. The summed E-state index contributed by atoms with van der Waals surface area (Å²) in [4.78, 5) is 0. The normalized spacial score (nSPS) is 12.7. The molecule has 0 saturated carbocycles. The quantitative estimate of drug-likeness (QED) is 0.285. The third-order valence-corrected chi connectivity index (χ3v) is 8.73. The second-order valence-corrected chi connectivity index (χ2v) is 12.1. The van der Waals surface area contributed by atoms with Gasteiger partial charge in [0.15, 0.2) is 8.32 Å². The van der Waals surface area contributed by atoms with Gasteiger partial charge < -0.3 is 28.1 Å². The molecule has 0 saturated heterocycles. The Morgan fingerprint density at radius 2 is 0.880 bits per heavy atom. The predicted molar refractivity (Wildman–Crippen MR) is 103 cm³/mol. The molecular weight excluding hydrogens is 340 g/mol. The van der Waals surface area contributed by atoms with E-state index in [1.165, 1.54) is 0 Å². The van der Waals surface area contributed by atoms with Crippen LogP contribution in [0.15, 0.2) is 0 Å². The van der Waals surface area contributed by atoms with Crippen molar-refractivity contribution in [1.29, 1.82) is 0 Å². The zero-order valence-corrected chi connectivity index (χ0v) is 18.2. The summed E-state index contributed by atoms with van der Waals surface area (Å²) in [6.07, 6.45) is 0. The van der Waals surface area contributed by atoms with E-state index in [2.05, 4.69) is 33.9 Å². The monoisotopic (exact) mass is 380 g/mol. The van der Waals surface area contributed by atoms with Crippen LogP contribution in [0.2, 0.25) is 18.1 Å². The van der Waals surface area contributed by atoms with Gasteiger partial charge in [-0.1, -0.05) is 20.8 Å². The highest BCUT2D eigenvalue weighted by Gasteiger charge is 2.36. The molecule has 0 aromatic heterocycles. The first-order valence-electron chi connectivity index (χ1n) is 9.34. The molecule has 0 aromatic carbocycles. The summed E-state index contributed by atoms with van der Waals surface area (Å²) >= 11 is 0. The van der Waals surface area contributed by atoms with E-state index in [0.717, 1.165) is 6.61 Å². The molecule has 0 unspecified atom stereocenters. The minimum Gasteiger partial charge on any atom is -0.414 e. The largest absolute Gasteiger partial charge is 0.414 e. The lowest BCUT2D eigenvalue weighted by molar-refractivity contribution is -0.0122. The molecule has 0 heterocycles. The maximum Gasteiger partial charge on any atom is 0.192 e. The fourth-order valence-electron chi connectivity index (χ4n) is 1.60. The lowest BCUT2D eigenvalue weighted by Crippen LogP contribution is -2.41. The Hall–Kier alpha value is -0.0231. The molecule has 0 atom stereocenters. The van der Waals surface area contributed by atoms with Crippen molar-refractivity contribution >= 4 is 8.32 Å². The summed E-state index contributed by atoms with van der Waals surface area (Å²) < 4.78 is 32.9. The van der Waals surface area contributed by atoms with Gasteiger partial charge >= 0.3 is 0 Å². The predicted octanol–water partition coefficient (Wildman–Crippen LogP) is 3.11. The smallest absolute Gasteiger partial charge is 0.192 e. The number of hydrogen-bond acceptors (Lipinski definition) is 6. The SMILES string of the molecule is CCOCCOCCOCCOCCOCCO[Si](C)(C)C(C)(C)C. The van der Waals surface area contributed by atoms with Crippen LogP contribution in [0.5, 0.6) is 0 Å². The summed E-state index contributed by atoms with van der Waals surface area (Å²) in [5, 5.41) is 0.241. The summed E-state index contributed by atoms with van der Waals surface area (Å²) in [7, 11) is -1.66. The minimum absolute atomic E-state index is 0.241. The van der Waals surface area contributed by atoms with Gasteiger partial charge in [0.05, 0.1) is 66.1 Å². The number of ether oxygens (including phenoxy) is 5. The van der Waals surface area contributed by atoms with Crippen molar-refractivity contribution in [2.75, 3.05) is 72.7 Å². The molecule has 0 rings (SSSR count). The Bertz CT molecular complexity index is 294. The standard InChI is InChI=1S/C18H40O6Si/c1-7-19-8-9-20-10-11-21-12-13-22-14-15-23-16-17-24-25(5,6)18(2,3)4/h7-17H2,1-6H3. The summed E-state index contributed by atoms with van der Waals surface area (Å²) in [5.74, 6) is 0. The van der Waals surface area contributed by atoms with Crippen LogP contribution in [0.4, 0.5) is 0 Å². The number of hydrogen-bond donors (Lipinski definition) is 0. The second kappa shape index (κ2) is 15.1. The van der Waals surface area contributed by atoms with Crippen molar-refractivity contribution in [1.82, 2.24) is 0 Å². The van der Waals surface area contributed by atoms with Gasteiger partial charge in [0.25, 0.3) is 0 Å². The molecule has 0 aliphatic heterocycles.